The lowest BCUT2D eigenvalue weighted by Gasteiger charge is -2.08. The molecule has 0 atom stereocenters. The van der Waals surface area contributed by atoms with Gasteiger partial charge in [-0.3, -0.25) is 4.79 Å². The number of hydrogen-bond acceptors (Lipinski definition) is 5. The van der Waals surface area contributed by atoms with Crippen LogP contribution >= 0.6 is 11.8 Å². The number of imidazole rings is 1. The van der Waals surface area contributed by atoms with E-state index in [1.165, 1.54) is 17.3 Å². The molecule has 0 saturated carbocycles. The number of hydrogen-bond donors (Lipinski definition) is 1. The van der Waals surface area contributed by atoms with Crippen LogP contribution in [0.3, 0.4) is 0 Å². The van der Waals surface area contributed by atoms with Crippen LogP contribution in [0.5, 0.6) is 0 Å². The maximum Gasteiger partial charge on any atom is 0.355 e. The molecule has 0 aliphatic heterocycles. The monoisotopic (exact) mass is 397 g/mol. The third kappa shape index (κ3) is 4.36. The van der Waals surface area contributed by atoms with E-state index in [4.69, 9.17) is 4.74 Å². The summed E-state index contributed by atoms with van der Waals surface area (Å²) in [6, 6.07) is 10.1. The minimum atomic E-state index is -0.437. The van der Waals surface area contributed by atoms with Crippen LogP contribution in [0, 0.1) is 13.8 Å². The maximum atomic E-state index is 12.8. The number of esters is 1. The van der Waals surface area contributed by atoms with Gasteiger partial charge in [0.05, 0.1) is 12.4 Å². The zero-order valence-corrected chi connectivity index (χ0v) is 17.0. The highest BCUT2D eigenvalue weighted by atomic mass is 32.2. The lowest BCUT2D eigenvalue weighted by Crippen LogP contribution is -2.09. The molecule has 6 nitrogen and oxygen atoms in total. The van der Waals surface area contributed by atoms with Crippen molar-refractivity contribution in [2.75, 3.05) is 12.4 Å². The second-order valence-electron chi connectivity index (χ2n) is 6.38. The Labute approximate surface area is 168 Å². The molecule has 3 aromatic rings. The molecule has 0 bridgehead atoms. The molecule has 146 valence electrons. The van der Waals surface area contributed by atoms with E-state index >= 15 is 0 Å². The van der Waals surface area contributed by atoms with Gasteiger partial charge >= 0.3 is 5.97 Å². The van der Waals surface area contributed by atoms with Gasteiger partial charge in [0.1, 0.15) is 5.69 Å². The molecule has 2 aromatic heterocycles. The number of H-pyrrole nitrogens is 1. The van der Waals surface area contributed by atoms with E-state index in [9.17, 15) is 9.59 Å². The molecule has 0 fully saturated rings. The maximum absolute atomic E-state index is 12.8. The number of aromatic nitrogens is 3. The van der Waals surface area contributed by atoms with Gasteiger partial charge in [0, 0.05) is 30.2 Å². The van der Waals surface area contributed by atoms with Gasteiger partial charge in [0.2, 0.25) is 0 Å². The molecule has 28 heavy (non-hydrogen) atoms. The third-order valence-electron chi connectivity index (χ3n) is 4.40. The normalized spacial score (nSPS) is 10.8. The standard InChI is InChI=1S/C21H23N3O3S/c1-4-27-20(26)19-14(2)18(15(3)23-19)17(25)13-28-21-22-10-11-24(21)12-16-8-6-5-7-9-16/h5-11,23H,4,12-13H2,1-3H3. The molecule has 7 heteroatoms. The number of nitrogens with one attached hydrogen (secondary N) is 1. The summed E-state index contributed by atoms with van der Waals surface area (Å²) < 4.78 is 7.07. The van der Waals surface area contributed by atoms with E-state index in [2.05, 4.69) is 22.1 Å². The van der Waals surface area contributed by atoms with Crippen molar-refractivity contribution < 1.29 is 14.3 Å². The first-order chi connectivity index (χ1) is 13.5. The van der Waals surface area contributed by atoms with Crippen LogP contribution in [-0.2, 0) is 11.3 Å². The van der Waals surface area contributed by atoms with Gasteiger partial charge < -0.3 is 14.3 Å². The van der Waals surface area contributed by atoms with E-state index in [1.54, 1.807) is 27.0 Å². The number of ether oxygens (including phenoxy) is 1. The number of benzene rings is 1. The number of carbonyl (C=O) groups is 2. The summed E-state index contributed by atoms with van der Waals surface area (Å²) in [5, 5.41) is 0.786. The Morgan fingerprint density at radius 3 is 2.68 bits per heavy atom. The van der Waals surface area contributed by atoms with Crippen LogP contribution in [0.25, 0.3) is 0 Å². The third-order valence-corrected chi connectivity index (χ3v) is 5.41. The summed E-state index contributed by atoms with van der Waals surface area (Å²) in [7, 11) is 0. The molecule has 3 rings (SSSR count). The second kappa shape index (κ2) is 8.93. The van der Waals surface area contributed by atoms with Crippen LogP contribution < -0.4 is 0 Å². The van der Waals surface area contributed by atoms with Crippen molar-refractivity contribution in [1.29, 1.82) is 0 Å². The van der Waals surface area contributed by atoms with E-state index in [0.717, 1.165) is 5.16 Å². The smallest absolute Gasteiger partial charge is 0.355 e. The number of ketones is 1. The summed E-state index contributed by atoms with van der Waals surface area (Å²) in [4.78, 5) is 32.2. The quantitative estimate of drug-likeness (QED) is 0.353. The van der Waals surface area contributed by atoms with Crippen molar-refractivity contribution in [3.05, 3.63) is 70.8 Å². The Morgan fingerprint density at radius 1 is 1.21 bits per heavy atom. The molecule has 0 spiro atoms. The lowest BCUT2D eigenvalue weighted by molar-refractivity contribution is 0.0519. The fourth-order valence-corrected chi connectivity index (χ4v) is 3.95. The van der Waals surface area contributed by atoms with Crippen LogP contribution in [0.15, 0.2) is 47.9 Å². The second-order valence-corrected chi connectivity index (χ2v) is 7.32. The molecule has 0 aliphatic carbocycles. The van der Waals surface area contributed by atoms with Gasteiger partial charge in [0.15, 0.2) is 10.9 Å². The molecular weight excluding hydrogens is 374 g/mol. The van der Waals surface area contributed by atoms with E-state index in [-0.39, 0.29) is 11.5 Å². The van der Waals surface area contributed by atoms with Gasteiger partial charge in [-0.05, 0) is 31.9 Å². The number of nitrogens with zero attached hydrogens (tertiary/aromatic N) is 2. The van der Waals surface area contributed by atoms with Crippen LogP contribution in [0.4, 0.5) is 0 Å². The lowest BCUT2D eigenvalue weighted by atomic mass is 10.1. The zero-order chi connectivity index (χ0) is 20.1. The molecular formula is C21H23N3O3S. The van der Waals surface area contributed by atoms with E-state index < -0.39 is 5.97 Å². The summed E-state index contributed by atoms with van der Waals surface area (Å²) in [6.45, 7) is 6.31. The molecule has 0 saturated heterocycles. The van der Waals surface area contributed by atoms with Crippen molar-refractivity contribution >= 4 is 23.5 Å². The molecule has 1 aromatic carbocycles. The van der Waals surface area contributed by atoms with E-state index in [0.29, 0.717) is 35.7 Å². The fourth-order valence-electron chi connectivity index (χ4n) is 3.11. The molecule has 0 amide bonds. The average molecular weight is 398 g/mol. The number of carbonyl (C=O) groups excluding carboxylic acids is 2. The zero-order valence-electron chi connectivity index (χ0n) is 16.2. The predicted octanol–water partition coefficient (Wildman–Crippen LogP) is 4.03. The van der Waals surface area contributed by atoms with Gasteiger partial charge in [-0.2, -0.15) is 0 Å². The predicted molar refractivity (Wildman–Crippen MR) is 109 cm³/mol. The van der Waals surface area contributed by atoms with Crippen molar-refractivity contribution in [1.82, 2.24) is 14.5 Å². The Balaban J connectivity index is 1.70. The number of aryl methyl sites for hydroxylation is 1. The molecule has 1 N–H and O–H groups in total. The van der Waals surface area contributed by atoms with Gasteiger partial charge in [0.25, 0.3) is 0 Å². The van der Waals surface area contributed by atoms with Gasteiger partial charge in [-0.15, -0.1) is 0 Å². The van der Waals surface area contributed by atoms with Crippen LogP contribution in [-0.4, -0.2) is 38.6 Å². The number of rotatable bonds is 8. The minimum absolute atomic E-state index is 0.0407. The summed E-state index contributed by atoms with van der Waals surface area (Å²) in [6.07, 6.45) is 3.65. The largest absolute Gasteiger partial charge is 0.461 e. The topological polar surface area (TPSA) is 77.0 Å². The molecule has 0 unspecified atom stereocenters. The summed E-state index contributed by atoms with van der Waals surface area (Å²) in [5.41, 5.74) is 3.38. The first-order valence-electron chi connectivity index (χ1n) is 9.08. The molecule has 0 radical (unpaired) electrons. The van der Waals surface area contributed by atoms with Crippen molar-refractivity contribution in [2.24, 2.45) is 0 Å². The number of Topliss-reactive ketones (excluding diaryl/α,β-unsaturated/α-hetero) is 1. The first kappa shape index (κ1) is 19.9. The highest BCUT2D eigenvalue weighted by Crippen LogP contribution is 2.24. The number of thioether (sulfide) groups is 1. The molecule has 0 aliphatic rings. The van der Waals surface area contributed by atoms with Gasteiger partial charge in [-0.1, -0.05) is 42.1 Å². The van der Waals surface area contributed by atoms with Crippen LogP contribution in [0.1, 0.15) is 44.6 Å². The Hall–Kier alpha value is -2.80. The van der Waals surface area contributed by atoms with Crippen molar-refractivity contribution in [3.63, 3.8) is 0 Å². The van der Waals surface area contributed by atoms with Crippen molar-refractivity contribution in [2.45, 2.75) is 32.5 Å². The SMILES string of the molecule is CCOC(=O)c1[nH]c(C)c(C(=O)CSc2nccn2Cc2ccccc2)c1C. The highest BCUT2D eigenvalue weighted by Gasteiger charge is 2.23. The highest BCUT2D eigenvalue weighted by molar-refractivity contribution is 7.99. The fraction of sp³-hybridized carbons (Fsp3) is 0.286. The van der Waals surface area contributed by atoms with E-state index in [1.807, 2.05) is 29.0 Å². The minimum Gasteiger partial charge on any atom is -0.461 e. The Morgan fingerprint density at radius 2 is 1.96 bits per heavy atom. The average Bonchev–Trinajstić information content (AvgIpc) is 3.24. The van der Waals surface area contributed by atoms with Crippen molar-refractivity contribution in [3.8, 4) is 0 Å². The Bertz CT molecular complexity index is 976. The molecule has 2 heterocycles. The summed E-state index contributed by atoms with van der Waals surface area (Å²) in [5.74, 6) is -0.234. The summed E-state index contributed by atoms with van der Waals surface area (Å²) >= 11 is 1.39. The van der Waals surface area contributed by atoms with Crippen LogP contribution in [0.2, 0.25) is 0 Å². The Kier molecular flexibility index (Phi) is 6.36. The van der Waals surface area contributed by atoms with Gasteiger partial charge in [-0.25, -0.2) is 9.78 Å². The first-order valence-corrected chi connectivity index (χ1v) is 10.1. The number of aromatic amines is 1.